The lowest BCUT2D eigenvalue weighted by molar-refractivity contribution is -0.120. The number of nitriles is 1. The Balaban J connectivity index is 2.45. The highest BCUT2D eigenvalue weighted by Crippen LogP contribution is 1.82. The van der Waals surface area contributed by atoms with Gasteiger partial charge in [-0.25, -0.2) is 0 Å². The summed E-state index contributed by atoms with van der Waals surface area (Å²) in [5, 5.41) is 13.8. The molecule has 0 saturated heterocycles. The largest absolute Gasteiger partial charge is 0.272 e. The molecule has 1 heterocycles. The van der Waals surface area contributed by atoms with E-state index < -0.39 is 0 Å². The van der Waals surface area contributed by atoms with E-state index in [2.05, 4.69) is 5.10 Å². The first-order chi connectivity index (χ1) is 5.33. The Morgan fingerprint density at radius 1 is 1.82 bits per heavy atom. The molecule has 0 aromatic carbocycles. The summed E-state index contributed by atoms with van der Waals surface area (Å²) in [5.74, 6) is -0.365. The SMILES string of the molecule is N#CNC(=O)Cn1cccn1. The molecule has 1 aromatic heterocycles. The summed E-state index contributed by atoms with van der Waals surface area (Å²) in [7, 11) is 0. The zero-order chi connectivity index (χ0) is 8.10. The smallest absolute Gasteiger partial charge is 0.254 e. The number of amides is 1. The number of rotatable bonds is 2. The molecular formula is C6H6N4O. The van der Waals surface area contributed by atoms with Gasteiger partial charge in [-0.2, -0.15) is 10.4 Å². The Morgan fingerprint density at radius 2 is 2.64 bits per heavy atom. The molecule has 0 saturated carbocycles. The van der Waals surface area contributed by atoms with Crippen molar-refractivity contribution in [2.45, 2.75) is 6.54 Å². The molecule has 0 aliphatic carbocycles. The molecule has 56 valence electrons. The van der Waals surface area contributed by atoms with E-state index in [1.54, 1.807) is 18.5 Å². The van der Waals surface area contributed by atoms with Gasteiger partial charge < -0.3 is 0 Å². The van der Waals surface area contributed by atoms with Crippen molar-refractivity contribution in [2.24, 2.45) is 0 Å². The Labute approximate surface area is 63.2 Å². The summed E-state index contributed by atoms with van der Waals surface area (Å²) in [4.78, 5) is 10.7. The minimum atomic E-state index is -0.365. The minimum Gasteiger partial charge on any atom is -0.272 e. The van der Waals surface area contributed by atoms with Gasteiger partial charge in [0.1, 0.15) is 6.54 Å². The van der Waals surface area contributed by atoms with Gasteiger partial charge in [-0.05, 0) is 6.07 Å². The van der Waals surface area contributed by atoms with Crippen LogP contribution in [0.15, 0.2) is 18.5 Å². The first-order valence-corrected chi connectivity index (χ1v) is 2.98. The number of carbonyl (C=O) groups excluding carboxylic acids is 1. The van der Waals surface area contributed by atoms with Crippen LogP contribution in [0, 0.1) is 11.5 Å². The molecule has 0 fully saturated rings. The van der Waals surface area contributed by atoms with Crippen molar-refractivity contribution in [1.82, 2.24) is 15.1 Å². The van der Waals surface area contributed by atoms with E-state index in [9.17, 15) is 4.79 Å². The number of hydrogen-bond donors (Lipinski definition) is 1. The van der Waals surface area contributed by atoms with E-state index >= 15 is 0 Å². The summed E-state index contributed by atoms with van der Waals surface area (Å²) in [5.41, 5.74) is 0. The van der Waals surface area contributed by atoms with Crippen LogP contribution in [-0.2, 0) is 11.3 Å². The van der Waals surface area contributed by atoms with Crippen molar-refractivity contribution < 1.29 is 4.79 Å². The van der Waals surface area contributed by atoms with Crippen LogP contribution in [0.25, 0.3) is 0 Å². The number of hydrogen-bond acceptors (Lipinski definition) is 3. The van der Waals surface area contributed by atoms with Crippen molar-refractivity contribution in [3.05, 3.63) is 18.5 Å². The molecule has 0 aliphatic rings. The third-order valence-electron chi connectivity index (χ3n) is 1.06. The lowest BCUT2D eigenvalue weighted by Gasteiger charge is -1.96. The maximum Gasteiger partial charge on any atom is 0.254 e. The minimum absolute atomic E-state index is 0.0839. The predicted octanol–water partition coefficient (Wildman–Crippen LogP) is -0.520. The first kappa shape index (κ1) is 7.28. The third-order valence-corrected chi connectivity index (χ3v) is 1.06. The van der Waals surface area contributed by atoms with Crippen molar-refractivity contribution in [3.8, 4) is 6.19 Å². The average Bonchev–Trinajstić information content (AvgIpc) is 2.40. The second kappa shape index (κ2) is 3.37. The Bertz CT molecular complexity index is 271. The third kappa shape index (κ3) is 2.10. The van der Waals surface area contributed by atoms with E-state index in [1.807, 2.05) is 5.32 Å². The number of carbonyl (C=O) groups is 1. The molecule has 1 aromatic rings. The van der Waals surface area contributed by atoms with E-state index in [1.165, 1.54) is 10.9 Å². The van der Waals surface area contributed by atoms with Gasteiger partial charge in [0.25, 0.3) is 5.91 Å². The predicted molar refractivity (Wildman–Crippen MR) is 36.0 cm³/mol. The van der Waals surface area contributed by atoms with Gasteiger partial charge in [-0.3, -0.25) is 14.8 Å². The molecule has 0 radical (unpaired) electrons. The molecule has 5 heteroatoms. The van der Waals surface area contributed by atoms with E-state index in [0.29, 0.717) is 0 Å². The average molecular weight is 150 g/mol. The van der Waals surface area contributed by atoms with Crippen molar-refractivity contribution in [3.63, 3.8) is 0 Å². The highest BCUT2D eigenvalue weighted by atomic mass is 16.1. The van der Waals surface area contributed by atoms with Gasteiger partial charge in [0, 0.05) is 12.4 Å². The zero-order valence-corrected chi connectivity index (χ0v) is 5.69. The van der Waals surface area contributed by atoms with E-state index in [-0.39, 0.29) is 12.5 Å². The Morgan fingerprint density at radius 3 is 3.18 bits per heavy atom. The summed E-state index contributed by atoms with van der Waals surface area (Å²) < 4.78 is 1.44. The maximum absolute atomic E-state index is 10.7. The van der Waals surface area contributed by atoms with E-state index in [0.717, 1.165) is 0 Å². The van der Waals surface area contributed by atoms with Gasteiger partial charge in [0.05, 0.1) is 0 Å². The highest BCUT2D eigenvalue weighted by Gasteiger charge is 1.99. The van der Waals surface area contributed by atoms with Crippen LogP contribution in [0.2, 0.25) is 0 Å². The van der Waals surface area contributed by atoms with Gasteiger partial charge in [0.2, 0.25) is 0 Å². The summed E-state index contributed by atoms with van der Waals surface area (Å²) in [6.45, 7) is 0.0839. The summed E-state index contributed by atoms with van der Waals surface area (Å²) in [6, 6.07) is 1.71. The summed E-state index contributed by atoms with van der Waals surface area (Å²) >= 11 is 0. The number of aromatic nitrogens is 2. The van der Waals surface area contributed by atoms with Crippen LogP contribution in [0.5, 0.6) is 0 Å². The lowest BCUT2D eigenvalue weighted by atomic mass is 10.6. The standard InChI is InChI=1S/C6H6N4O/c7-5-8-6(11)4-10-3-1-2-9-10/h1-3H,4H2,(H,8,11). The fourth-order valence-corrected chi connectivity index (χ4v) is 0.643. The molecule has 0 atom stereocenters. The van der Waals surface area contributed by atoms with E-state index in [4.69, 9.17) is 5.26 Å². The molecule has 5 nitrogen and oxygen atoms in total. The fourth-order valence-electron chi connectivity index (χ4n) is 0.643. The maximum atomic E-state index is 10.7. The summed E-state index contributed by atoms with van der Waals surface area (Å²) in [6.07, 6.45) is 4.76. The second-order valence-corrected chi connectivity index (χ2v) is 1.86. The molecule has 11 heavy (non-hydrogen) atoms. The van der Waals surface area contributed by atoms with Crippen molar-refractivity contribution in [2.75, 3.05) is 0 Å². The molecule has 1 N–H and O–H groups in total. The van der Waals surface area contributed by atoms with Crippen LogP contribution in [-0.4, -0.2) is 15.7 Å². The normalized spacial score (nSPS) is 8.64. The molecule has 1 rings (SSSR count). The molecule has 0 spiro atoms. The van der Waals surface area contributed by atoms with Crippen LogP contribution in [0.4, 0.5) is 0 Å². The van der Waals surface area contributed by atoms with Crippen LogP contribution >= 0.6 is 0 Å². The molecule has 0 unspecified atom stereocenters. The molecule has 0 bridgehead atoms. The van der Waals surface area contributed by atoms with Crippen LogP contribution in [0.1, 0.15) is 0 Å². The lowest BCUT2D eigenvalue weighted by Crippen LogP contribution is -2.23. The van der Waals surface area contributed by atoms with Gasteiger partial charge in [0.15, 0.2) is 6.19 Å². The first-order valence-electron chi connectivity index (χ1n) is 2.98. The quantitative estimate of drug-likeness (QED) is 0.455. The van der Waals surface area contributed by atoms with Crippen molar-refractivity contribution in [1.29, 1.82) is 5.26 Å². The number of nitrogens with zero attached hydrogens (tertiary/aromatic N) is 3. The fraction of sp³-hybridized carbons (Fsp3) is 0.167. The monoisotopic (exact) mass is 150 g/mol. The van der Waals surface area contributed by atoms with Crippen LogP contribution < -0.4 is 5.32 Å². The molecule has 1 amide bonds. The second-order valence-electron chi connectivity index (χ2n) is 1.86. The number of nitrogens with one attached hydrogen (secondary N) is 1. The van der Waals surface area contributed by atoms with Gasteiger partial charge in [-0.1, -0.05) is 0 Å². The Hall–Kier alpha value is -1.83. The molecule has 0 aliphatic heterocycles. The Kier molecular flexibility index (Phi) is 2.23. The van der Waals surface area contributed by atoms with Crippen molar-refractivity contribution >= 4 is 5.91 Å². The zero-order valence-electron chi connectivity index (χ0n) is 5.69. The van der Waals surface area contributed by atoms with Gasteiger partial charge >= 0.3 is 0 Å². The topological polar surface area (TPSA) is 70.7 Å². The van der Waals surface area contributed by atoms with Gasteiger partial charge in [-0.15, -0.1) is 0 Å². The molecular weight excluding hydrogens is 144 g/mol. The highest BCUT2D eigenvalue weighted by molar-refractivity contribution is 5.76. The van der Waals surface area contributed by atoms with Crippen LogP contribution in [0.3, 0.4) is 0 Å².